The first-order valence-corrected chi connectivity index (χ1v) is 7.72. The van der Waals surface area contributed by atoms with Crippen molar-refractivity contribution in [3.63, 3.8) is 0 Å². The van der Waals surface area contributed by atoms with Crippen molar-refractivity contribution >= 4 is 27.4 Å². The number of anilines is 1. The molecular weight excluding hydrogens is 274 g/mol. The zero-order valence-corrected chi connectivity index (χ0v) is 12.3. The molecule has 2 aromatic heterocycles. The van der Waals surface area contributed by atoms with Gasteiger partial charge < -0.3 is 10.2 Å². The molecule has 0 spiro atoms. The molecule has 0 radical (unpaired) electrons. The van der Waals surface area contributed by atoms with Gasteiger partial charge in [0.2, 0.25) is 0 Å². The van der Waals surface area contributed by atoms with E-state index in [0.29, 0.717) is 11.9 Å². The van der Waals surface area contributed by atoms with E-state index in [1.54, 1.807) is 11.3 Å². The number of rotatable bonds is 4. The molecule has 3 heterocycles. The van der Waals surface area contributed by atoms with Crippen molar-refractivity contribution in [1.82, 2.24) is 14.9 Å². The number of thiophene rings is 1. The van der Waals surface area contributed by atoms with Gasteiger partial charge in [-0.1, -0.05) is 6.92 Å². The monoisotopic (exact) mass is 293 g/mol. The maximum absolute atomic E-state index is 5.69. The van der Waals surface area contributed by atoms with Crippen molar-refractivity contribution in [3.05, 3.63) is 17.3 Å². The van der Waals surface area contributed by atoms with Gasteiger partial charge in [0.25, 0.3) is 0 Å². The number of hydrazine groups is 1. The van der Waals surface area contributed by atoms with Crippen LogP contribution in [0, 0.1) is 0 Å². The van der Waals surface area contributed by atoms with Crippen LogP contribution in [0.3, 0.4) is 0 Å². The molecule has 0 amide bonds. The molecular formula is C13H19N5OS. The summed E-state index contributed by atoms with van der Waals surface area (Å²) in [5.74, 6) is 7.06. The molecule has 3 N–H and O–H groups in total. The molecule has 0 saturated carbocycles. The van der Waals surface area contributed by atoms with Crippen LogP contribution in [0.1, 0.15) is 19.2 Å². The van der Waals surface area contributed by atoms with Crippen LogP contribution in [0.5, 0.6) is 0 Å². The second kappa shape index (κ2) is 6.01. The van der Waals surface area contributed by atoms with Gasteiger partial charge in [0.1, 0.15) is 10.7 Å². The number of morpholine rings is 1. The standard InChI is InChI=1S/C13H19N5OS/c1-2-9-7-18(4-5-19-9)8-11-15-12(17-14)10-3-6-20-13(10)16-11/h3,6,9H,2,4-5,7-8,14H2,1H3,(H,15,16,17). The first-order chi connectivity index (χ1) is 9.80. The van der Waals surface area contributed by atoms with Crippen LogP contribution in [0.4, 0.5) is 5.82 Å². The van der Waals surface area contributed by atoms with Gasteiger partial charge in [-0.25, -0.2) is 15.8 Å². The maximum atomic E-state index is 5.69. The van der Waals surface area contributed by atoms with Crippen LogP contribution in [-0.4, -0.2) is 40.7 Å². The summed E-state index contributed by atoms with van der Waals surface area (Å²) in [7, 11) is 0. The lowest BCUT2D eigenvalue weighted by Crippen LogP contribution is -2.41. The largest absolute Gasteiger partial charge is 0.376 e. The molecule has 7 heteroatoms. The van der Waals surface area contributed by atoms with E-state index in [1.807, 2.05) is 11.4 Å². The first kappa shape index (κ1) is 13.7. The van der Waals surface area contributed by atoms with Crippen molar-refractivity contribution in [1.29, 1.82) is 0 Å². The highest BCUT2D eigenvalue weighted by molar-refractivity contribution is 7.16. The van der Waals surface area contributed by atoms with E-state index in [-0.39, 0.29) is 0 Å². The Morgan fingerprint density at radius 1 is 1.55 bits per heavy atom. The van der Waals surface area contributed by atoms with Gasteiger partial charge in [0.05, 0.1) is 24.6 Å². The number of aromatic nitrogens is 2. The average molecular weight is 293 g/mol. The highest BCUT2D eigenvalue weighted by Gasteiger charge is 2.20. The van der Waals surface area contributed by atoms with Gasteiger partial charge in [-0.05, 0) is 17.9 Å². The molecule has 1 unspecified atom stereocenters. The molecule has 1 fully saturated rings. The summed E-state index contributed by atoms with van der Waals surface area (Å²) in [4.78, 5) is 12.4. The predicted octanol–water partition coefficient (Wildman–Crippen LogP) is 1.59. The Morgan fingerprint density at radius 2 is 2.45 bits per heavy atom. The Kier molecular flexibility index (Phi) is 4.11. The number of hydrogen-bond acceptors (Lipinski definition) is 7. The number of nitrogens with zero attached hydrogens (tertiary/aromatic N) is 3. The van der Waals surface area contributed by atoms with Crippen LogP contribution in [0.25, 0.3) is 10.2 Å². The summed E-state index contributed by atoms with van der Waals surface area (Å²) in [6.45, 7) is 5.53. The van der Waals surface area contributed by atoms with Gasteiger partial charge in [-0.3, -0.25) is 4.90 Å². The summed E-state index contributed by atoms with van der Waals surface area (Å²) in [5.41, 5.74) is 2.67. The quantitative estimate of drug-likeness (QED) is 0.658. The van der Waals surface area contributed by atoms with Crippen LogP contribution in [0.15, 0.2) is 11.4 Å². The average Bonchev–Trinajstić information content (AvgIpc) is 2.95. The summed E-state index contributed by atoms with van der Waals surface area (Å²) in [5, 5.41) is 2.99. The molecule has 6 nitrogen and oxygen atoms in total. The number of ether oxygens (including phenoxy) is 1. The van der Waals surface area contributed by atoms with E-state index in [2.05, 4.69) is 27.2 Å². The van der Waals surface area contributed by atoms with Crippen LogP contribution >= 0.6 is 11.3 Å². The SMILES string of the molecule is CCC1CN(Cc2nc(NN)c3ccsc3n2)CCO1. The fraction of sp³-hybridized carbons (Fsp3) is 0.538. The van der Waals surface area contributed by atoms with E-state index >= 15 is 0 Å². The van der Waals surface area contributed by atoms with Crippen molar-refractivity contribution in [3.8, 4) is 0 Å². The van der Waals surface area contributed by atoms with Crippen molar-refractivity contribution in [2.75, 3.05) is 25.1 Å². The Bertz CT molecular complexity index is 587. The minimum atomic E-state index is 0.321. The molecule has 1 aliphatic heterocycles. The van der Waals surface area contributed by atoms with Crippen molar-refractivity contribution < 1.29 is 4.74 Å². The molecule has 108 valence electrons. The van der Waals surface area contributed by atoms with E-state index in [9.17, 15) is 0 Å². The second-order valence-electron chi connectivity index (χ2n) is 4.91. The van der Waals surface area contributed by atoms with Crippen LogP contribution < -0.4 is 11.3 Å². The molecule has 20 heavy (non-hydrogen) atoms. The first-order valence-electron chi connectivity index (χ1n) is 6.85. The summed E-state index contributed by atoms with van der Waals surface area (Å²) in [6.07, 6.45) is 1.36. The van der Waals surface area contributed by atoms with Crippen LogP contribution in [-0.2, 0) is 11.3 Å². The summed E-state index contributed by atoms with van der Waals surface area (Å²) >= 11 is 1.61. The van der Waals surface area contributed by atoms with Gasteiger partial charge in [0.15, 0.2) is 5.82 Å². The number of fused-ring (bicyclic) bond motifs is 1. The normalized spacial score (nSPS) is 20.4. The van der Waals surface area contributed by atoms with E-state index in [1.165, 1.54) is 0 Å². The Hall–Kier alpha value is -1.28. The molecule has 0 aromatic carbocycles. The number of nitrogen functional groups attached to an aromatic ring is 1. The highest BCUT2D eigenvalue weighted by Crippen LogP contribution is 2.25. The van der Waals surface area contributed by atoms with Crippen molar-refractivity contribution in [2.24, 2.45) is 5.84 Å². The molecule has 3 rings (SSSR count). The Balaban J connectivity index is 1.79. The third kappa shape index (κ3) is 2.76. The smallest absolute Gasteiger partial charge is 0.152 e. The number of hydrogen-bond donors (Lipinski definition) is 2. The topological polar surface area (TPSA) is 76.3 Å². The zero-order chi connectivity index (χ0) is 13.9. The Morgan fingerprint density at radius 3 is 3.25 bits per heavy atom. The minimum Gasteiger partial charge on any atom is -0.376 e. The van der Waals surface area contributed by atoms with Gasteiger partial charge in [-0.15, -0.1) is 11.3 Å². The van der Waals surface area contributed by atoms with E-state index in [0.717, 1.165) is 48.7 Å². The van der Waals surface area contributed by atoms with Crippen molar-refractivity contribution in [2.45, 2.75) is 26.0 Å². The lowest BCUT2D eigenvalue weighted by atomic mass is 10.2. The second-order valence-corrected chi connectivity index (χ2v) is 5.80. The van der Waals surface area contributed by atoms with Gasteiger partial charge in [-0.2, -0.15) is 0 Å². The predicted molar refractivity (Wildman–Crippen MR) is 80.5 cm³/mol. The lowest BCUT2D eigenvalue weighted by Gasteiger charge is -2.31. The molecule has 0 bridgehead atoms. The zero-order valence-electron chi connectivity index (χ0n) is 11.5. The number of nitrogens with two attached hydrogens (primary N) is 1. The van der Waals surface area contributed by atoms with Gasteiger partial charge in [0, 0.05) is 13.1 Å². The minimum absolute atomic E-state index is 0.321. The third-order valence-electron chi connectivity index (χ3n) is 3.55. The summed E-state index contributed by atoms with van der Waals surface area (Å²) in [6, 6.07) is 1.99. The molecule has 1 atom stereocenters. The number of nitrogens with one attached hydrogen (secondary N) is 1. The van der Waals surface area contributed by atoms with E-state index in [4.69, 9.17) is 10.6 Å². The summed E-state index contributed by atoms with van der Waals surface area (Å²) < 4.78 is 5.69. The Labute approximate surface area is 121 Å². The highest BCUT2D eigenvalue weighted by atomic mass is 32.1. The van der Waals surface area contributed by atoms with Gasteiger partial charge >= 0.3 is 0 Å². The van der Waals surface area contributed by atoms with Crippen LogP contribution in [0.2, 0.25) is 0 Å². The fourth-order valence-corrected chi connectivity index (χ4v) is 3.23. The fourth-order valence-electron chi connectivity index (χ4n) is 2.45. The maximum Gasteiger partial charge on any atom is 0.152 e. The molecule has 0 aliphatic carbocycles. The molecule has 1 saturated heterocycles. The molecule has 1 aliphatic rings. The third-order valence-corrected chi connectivity index (χ3v) is 4.36. The molecule has 2 aromatic rings. The lowest BCUT2D eigenvalue weighted by molar-refractivity contribution is -0.0331. The van der Waals surface area contributed by atoms with E-state index < -0.39 is 0 Å².